The van der Waals surface area contributed by atoms with Crippen LogP contribution in [0.3, 0.4) is 0 Å². The second kappa shape index (κ2) is 8.12. The summed E-state index contributed by atoms with van der Waals surface area (Å²) in [6, 6.07) is 12.4. The molecule has 3 rings (SSSR count). The number of carbonyl (C=O) groups is 2. The minimum atomic E-state index is -0.929. The van der Waals surface area contributed by atoms with Crippen LogP contribution in [0.4, 0.5) is 0 Å². The third-order valence-electron chi connectivity index (χ3n) is 4.57. The van der Waals surface area contributed by atoms with E-state index in [0.717, 1.165) is 11.1 Å². The van der Waals surface area contributed by atoms with Crippen molar-refractivity contribution in [1.29, 1.82) is 0 Å². The first kappa shape index (κ1) is 18.8. The highest BCUT2D eigenvalue weighted by molar-refractivity contribution is 5.95. The highest BCUT2D eigenvalue weighted by Crippen LogP contribution is 2.32. The molecule has 27 heavy (non-hydrogen) atoms. The second-order valence-corrected chi connectivity index (χ2v) is 6.30. The highest BCUT2D eigenvalue weighted by atomic mass is 16.5. The lowest BCUT2D eigenvalue weighted by molar-refractivity contribution is -0.139. The van der Waals surface area contributed by atoms with Crippen molar-refractivity contribution in [2.45, 2.75) is 26.3 Å². The first-order chi connectivity index (χ1) is 13.0. The van der Waals surface area contributed by atoms with Crippen molar-refractivity contribution in [3.05, 3.63) is 59.2 Å². The normalized spacial score (nSPS) is 15.8. The summed E-state index contributed by atoms with van der Waals surface area (Å²) in [5.41, 5.74) is 2.08. The zero-order valence-corrected chi connectivity index (χ0v) is 15.5. The number of carboxylic acids is 1. The van der Waals surface area contributed by atoms with E-state index in [2.05, 4.69) is 0 Å². The molecule has 0 aliphatic carbocycles. The Hall–Kier alpha value is -3.02. The van der Waals surface area contributed by atoms with Crippen molar-refractivity contribution >= 4 is 11.9 Å². The number of benzene rings is 2. The van der Waals surface area contributed by atoms with Gasteiger partial charge in [-0.1, -0.05) is 24.3 Å². The van der Waals surface area contributed by atoms with Gasteiger partial charge in [-0.2, -0.15) is 0 Å². The average Bonchev–Trinajstić information content (AvgIpc) is 2.68. The third kappa shape index (κ3) is 3.89. The third-order valence-corrected chi connectivity index (χ3v) is 4.57. The molecule has 2 aromatic rings. The fourth-order valence-electron chi connectivity index (χ4n) is 3.34. The van der Waals surface area contributed by atoms with Crippen molar-refractivity contribution in [2.75, 3.05) is 19.8 Å². The van der Waals surface area contributed by atoms with Gasteiger partial charge in [0.25, 0.3) is 5.91 Å². The number of carboxylic acid groups (broad SMARTS) is 1. The molecule has 0 saturated carbocycles. The number of aliphatic carboxylic acids is 1. The van der Waals surface area contributed by atoms with Gasteiger partial charge >= 0.3 is 5.97 Å². The summed E-state index contributed by atoms with van der Waals surface area (Å²) < 4.78 is 11.1. The fraction of sp³-hybridized carbons (Fsp3) is 0.333. The topological polar surface area (TPSA) is 76.1 Å². The predicted molar refractivity (Wildman–Crippen MR) is 100 cm³/mol. The molecule has 2 aromatic carbocycles. The smallest absolute Gasteiger partial charge is 0.312 e. The van der Waals surface area contributed by atoms with E-state index in [1.54, 1.807) is 23.1 Å². The zero-order valence-electron chi connectivity index (χ0n) is 15.5. The molecule has 142 valence electrons. The first-order valence-electron chi connectivity index (χ1n) is 9.04. The van der Waals surface area contributed by atoms with E-state index in [1.165, 1.54) is 0 Å². The number of fused-ring (bicyclic) bond motifs is 1. The molecular formula is C21H23NO5. The quantitative estimate of drug-likeness (QED) is 0.845. The number of ether oxygens (including phenoxy) is 2. The Bertz CT molecular complexity index is 848. The van der Waals surface area contributed by atoms with Gasteiger partial charge in [-0.25, -0.2) is 0 Å². The van der Waals surface area contributed by atoms with Crippen LogP contribution in [0.1, 0.15) is 41.3 Å². The first-order valence-corrected chi connectivity index (χ1v) is 9.04. The number of hydrogen-bond donors (Lipinski definition) is 1. The lowest BCUT2D eigenvalue weighted by Gasteiger charge is -2.33. The Morgan fingerprint density at radius 3 is 2.48 bits per heavy atom. The van der Waals surface area contributed by atoms with Gasteiger partial charge in [0.15, 0.2) is 11.5 Å². The zero-order chi connectivity index (χ0) is 19.4. The van der Waals surface area contributed by atoms with Crippen molar-refractivity contribution in [3.63, 3.8) is 0 Å². The number of rotatable bonds is 6. The van der Waals surface area contributed by atoms with Crippen LogP contribution in [0.2, 0.25) is 0 Å². The molecule has 1 N–H and O–H groups in total. The summed E-state index contributed by atoms with van der Waals surface area (Å²) in [6.07, 6.45) is 0. The Labute approximate surface area is 158 Å². The van der Waals surface area contributed by atoms with E-state index < -0.39 is 11.9 Å². The maximum absolute atomic E-state index is 13.0. The summed E-state index contributed by atoms with van der Waals surface area (Å²) in [4.78, 5) is 26.3. The maximum atomic E-state index is 13.0. The van der Waals surface area contributed by atoms with Crippen LogP contribution in [0.5, 0.6) is 11.5 Å². The van der Waals surface area contributed by atoms with Crippen LogP contribution < -0.4 is 9.47 Å². The highest BCUT2D eigenvalue weighted by Gasteiger charge is 2.33. The van der Waals surface area contributed by atoms with Crippen molar-refractivity contribution in [3.8, 4) is 11.5 Å². The maximum Gasteiger partial charge on any atom is 0.312 e. The monoisotopic (exact) mass is 369 g/mol. The molecule has 6 heteroatoms. The van der Waals surface area contributed by atoms with Crippen molar-refractivity contribution < 1.29 is 24.2 Å². The van der Waals surface area contributed by atoms with Crippen LogP contribution in [0.15, 0.2) is 42.5 Å². The van der Waals surface area contributed by atoms with Gasteiger partial charge in [-0.05, 0) is 43.2 Å². The SMILES string of the molecule is CCOc1ccc(C(=O)N2Cc3ccccc3C(C(=O)O)C2)cc1OCC. The minimum absolute atomic E-state index is 0.141. The average molecular weight is 369 g/mol. The summed E-state index contributed by atoms with van der Waals surface area (Å²) in [5, 5.41) is 9.59. The number of hydrogen-bond acceptors (Lipinski definition) is 4. The van der Waals surface area contributed by atoms with E-state index in [9.17, 15) is 14.7 Å². The summed E-state index contributed by atoms with van der Waals surface area (Å²) in [5.74, 6) is -0.782. The Balaban J connectivity index is 1.90. The molecule has 1 unspecified atom stereocenters. The van der Waals surface area contributed by atoms with Crippen LogP contribution in [-0.4, -0.2) is 41.6 Å². The summed E-state index contributed by atoms with van der Waals surface area (Å²) in [7, 11) is 0. The molecule has 1 atom stereocenters. The molecule has 1 amide bonds. The van der Waals surface area contributed by atoms with Crippen LogP contribution in [-0.2, 0) is 11.3 Å². The van der Waals surface area contributed by atoms with Crippen LogP contribution in [0.25, 0.3) is 0 Å². The van der Waals surface area contributed by atoms with Gasteiger partial charge in [-0.3, -0.25) is 9.59 Å². The molecule has 0 fully saturated rings. The van der Waals surface area contributed by atoms with E-state index in [4.69, 9.17) is 9.47 Å². The molecule has 6 nitrogen and oxygen atoms in total. The van der Waals surface area contributed by atoms with E-state index in [0.29, 0.717) is 36.8 Å². The molecule has 0 spiro atoms. The van der Waals surface area contributed by atoms with Gasteiger partial charge in [0.05, 0.1) is 19.1 Å². The molecule has 0 aromatic heterocycles. The number of carbonyl (C=O) groups excluding carboxylic acids is 1. The molecular weight excluding hydrogens is 346 g/mol. The summed E-state index contributed by atoms with van der Waals surface area (Å²) in [6.45, 7) is 5.22. The summed E-state index contributed by atoms with van der Waals surface area (Å²) >= 11 is 0. The van der Waals surface area contributed by atoms with E-state index >= 15 is 0 Å². The van der Waals surface area contributed by atoms with E-state index in [1.807, 2.05) is 38.1 Å². The lowest BCUT2D eigenvalue weighted by atomic mass is 9.89. The lowest BCUT2D eigenvalue weighted by Crippen LogP contribution is -2.40. The molecule has 1 aliphatic rings. The molecule has 0 saturated heterocycles. The number of amides is 1. The van der Waals surface area contributed by atoms with Crippen LogP contribution in [0, 0.1) is 0 Å². The van der Waals surface area contributed by atoms with Crippen LogP contribution >= 0.6 is 0 Å². The van der Waals surface area contributed by atoms with Crippen molar-refractivity contribution in [1.82, 2.24) is 4.90 Å². The number of nitrogens with zero attached hydrogens (tertiary/aromatic N) is 1. The molecule has 0 radical (unpaired) electrons. The molecule has 1 aliphatic heterocycles. The Morgan fingerprint density at radius 1 is 1.07 bits per heavy atom. The second-order valence-electron chi connectivity index (χ2n) is 6.30. The Kier molecular flexibility index (Phi) is 5.64. The molecule has 1 heterocycles. The van der Waals surface area contributed by atoms with Gasteiger partial charge in [0.2, 0.25) is 0 Å². The molecule has 0 bridgehead atoms. The predicted octanol–water partition coefficient (Wildman–Crippen LogP) is 3.31. The van der Waals surface area contributed by atoms with Gasteiger partial charge in [-0.15, -0.1) is 0 Å². The minimum Gasteiger partial charge on any atom is -0.490 e. The van der Waals surface area contributed by atoms with E-state index in [-0.39, 0.29) is 12.5 Å². The van der Waals surface area contributed by atoms with Gasteiger partial charge < -0.3 is 19.5 Å². The van der Waals surface area contributed by atoms with Gasteiger partial charge in [0.1, 0.15) is 0 Å². The fourth-order valence-corrected chi connectivity index (χ4v) is 3.34. The van der Waals surface area contributed by atoms with Gasteiger partial charge in [0, 0.05) is 18.7 Å². The largest absolute Gasteiger partial charge is 0.490 e. The Morgan fingerprint density at radius 2 is 1.78 bits per heavy atom. The standard InChI is InChI=1S/C21H23NO5/c1-3-26-18-10-9-14(11-19(18)27-4-2)20(23)22-12-15-7-5-6-8-16(15)17(13-22)21(24)25/h5-11,17H,3-4,12-13H2,1-2H3,(H,24,25). The van der Waals surface area contributed by atoms with Crippen molar-refractivity contribution in [2.24, 2.45) is 0 Å².